The molecular weight excluding hydrogens is 637 g/mol. The van der Waals surface area contributed by atoms with Crippen LogP contribution in [0.25, 0.3) is 11.6 Å². The molecule has 2 aliphatic heterocycles. The van der Waals surface area contributed by atoms with Crippen molar-refractivity contribution in [1.29, 1.82) is 0 Å². The lowest BCUT2D eigenvalue weighted by atomic mass is 10.1. The number of allylic oxidation sites excluding steroid dienone is 3. The van der Waals surface area contributed by atoms with Crippen molar-refractivity contribution in [3.05, 3.63) is 58.8 Å². The molecule has 0 radical (unpaired) electrons. The minimum absolute atomic E-state index is 0.0471. The Morgan fingerprint density at radius 3 is 2.58 bits per heavy atom. The third kappa shape index (κ3) is 12.5. The molecule has 1 saturated heterocycles. The summed E-state index contributed by atoms with van der Waals surface area (Å²) in [6.45, 7) is 16.3. The number of aromatic nitrogens is 3. The maximum absolute atomic E-state index is 13.9. The van der Waals surface area contributed by atoms with Gasteiger partial charge in [-0.05, 0) is 75.7 Å². The fourth-order valence-corrected chi connectivity index (χ4v) is 5.48. The van der Waals surface area contributed by atoms with Crippen LogP contribution in [0, 0.1) is 6.92 Å². The number of carbonyl (C=O) groups excluding carboxylic acids is 3. The van der Waals surface area contributed by atoms with Crippen molar-refractivity contribution >= 4 is 53.2 Å². The molecule has 264 valence electrons. The number of nitrogens with one attached hydrogen (secondary N) is 4. The van der Waals surface area contributed by atoms with Crippen molar-refractivity contribution < 1.29 is 23.5 Å². The molecule has 2 aromatic heterocycles. The predicted molar refractivity (Wildman–Crippen MR) is 191 cm³/mol. The van der Waals surface area contributed by atoms with Gasteiger partial charge >= 0.3 is 0 Å². The third-order valence-corrected chi connectivity index (χ3v) is 7.64. The summed E-state index contributed by atoms with van der Waals surface area (Å²) >= 11 is 6.23. The van der Waals surface area contributed by atoms with Gasteiger partial charge in [0.15, 0.2) is 0 Å². The highest BCUT2D eigenvalue weighted by molar-refractivity contribution is 6.35. The molecule has 0 aromatic carbocycles. The van der Waals surface area contributed by atoms with Gasteiger partial charge in [0, 0.05) is 36.6 Å². The number of likely N-dealkylation sites (tertiary alicyclic amines) is 1. The maximum Gasteiger partial charge on any atom is 0.293 e. The summed E-state index contributed by atoms with van der Waals surface area (Å²) in [4.78, 5) is 48.9. The van der Waals surface area contributed by atoms with Crippen LogP contribution in [-0.4, -0.2) is 82.5 Å². The third-order valence-electron chi connectivity index (χ3n) is 7.34. The number of H-pyrrole nitrogens is 1. The lowest BCUT2D eigenvalue weighted by molar-refractivity contribution is -0.128. The number of rotatable bonds is 10. The molecule has 4 heterocycles. The van der Waals surface area contributed by atoms with Gasteiger partial charge in [0.2, 0.25) is 5.91 Å². The zero-order valence-corrected chi connectivity index (χ0v) is 29.8. The van der Waals surface area contributed by atoms with Crippen LogP contribution in [-0.2, 0) is 25.5 Å². The lowest BCUT2D eigenvalue weighted by Gasteiger charge is -2.26. The van der Waals surface area contributed by atoms with E-state index in [1.165, 1.54) is 31.7 Å². The molecule has 4 N–H and O–H groups in total. The van der Waals surface area contributed by atoms with Gasteiger partial charge in [-0.3, -0.25) is 14.4 Å². The van der Waals surface area contributed by atoms with E-state index in [2.05, 4.69) is 40.5 Å². The van der Waals surface area contributed by atoms with Crippen LogP contribution >= 0.6 is 11.6 Å². The van der Waals surface area contributed by atoms with Gasteiger partial charge in [0.25, 0.3) is 12.4 Å². The number of ether oxygens (including phenoxy) is 1. The Morgan fingerprint density at radius 2 is 1.92 bits per heavy atom. The van der Waals surface area contributed by atoms with Gasteiger partial charge in [-0.25, -0.2) is 14.4 Å². The van der Waals surface area contributed by atoms with E-state index in [0.29, 0.717) is 53.8 Å². The number of amides is 2. The number of aryl methyl sites for hydroxylation is 1. The molecule has 3 aliphatic rings. The van der Waals surface area contributed by atoms with E-state index in [0.717, 1.165) is 30.9 Å². The number of fused-ring (bicyclic) bond motifs is 1. The van der Waals surface area contributed by atoms with E-state index >= 15 is 0 Å². The summed E-state index contributed by atoms with van der Waals surface area (Å²) in [5.74, 6) is 0.419. The van der Waals surface area contributed by atoms with E-state index in [1.54, 1.807) is 25.2 Å². The fourth-order valence-electron chi connectivity index (χ4n) is 5.17. The van der Waals surface area contributed by atoms with Crippen molar-refractivity contribution in [1.82, 2.24) is 25.2 Å². The van der Waals surface area contributed by atoms with E-state index in [4.69, 9.17) is 11.6 Å². The maximum atomic E-state index is 13.9. The largest absolute Gasteiger partial charge is 0.468 e. The second kappa shape index (κ2) is 21.8. The SMILES string of the molecule is CC.CC.CCOC=O.Cc1cc(CC(=O)NCCN2CCCCC2)[nH]c1/C=C1\C(=O)Nc2ncnc(NC3=CC(Cl)CC(F)C=C3)c21. The molecule has 0 spiro atoms. The Morgan fingerprint density at radius 1 is 1.19 bits per heavy atom. The summed E-state index contributed by atoms with van der Waals surface area (Å²) in [7, 11) is 0. The molecule has 11 nitrogen and oxygen atoms in total. The first-order valence-corrected chi connectivity index (χ1v) is 17.3. The van der Waals surface area contributed by atoms with Crippen molar-refractivity contribution in [2.24, 2.45) is 0 Å². The van der Waals surface area contributed by atoms with Gasteiger partial charge in [-0.2, -0.15) is 0 Å². The van der Waals surface area contributed by atoms with E-state index in [-0.39, 0.29) is 24.7 Å². The first kappa shape index (κ1) is 40.1. The first-order chi connectivity index (χ1) is 23.3. The molecular formula is C35H51ClFN7O4. The van der Waals surface area contributed by atoms with Crippen LogP contribution in [0.4, 0.5) is 16.0 Å². The normalized spacial score (nSPS) is 19.0. The summed E-state index contributed by atoms with van der Waals surface area (Å²) in [5, 5.41) is 8.47. The van der Waals surface area contributed by atoms with Crippen molar-refractivity contribution in [2.75, 3.05) is 43.4 Å². The quantitative estimate of drug-likeness (QED) is 0.132. The minimum Gasteiger partial charge on any atom is -0.468 e. The average molecular weight is 688 g/mol. The van der Waals surface area contributed by atoms with Gasteiger partial charge in [-0.1, -0.05) is 34.1 Å². The van der Waals surface area contributed by atoms with Crippen molar-refractivity contribution in [2.45, 2.75) is 85.2 Å². The van der Waals surface area contributed by atoms with Crippen LogP contribution in [0.2, 0.25) is 0 Å². The summed E-state index contributed by atoms with van der Waals surface area (Å²) < 4.78 is 18.0. The Kier molecular flexibility index (Phi) is 18.2. The van der Waals surface area contributed by atoms with Crippen LogP contribution in [0.5, 0.6) is 0 Å². The molecule has 5 rings (SSSR count). The van der Waals surface area contributed by atoms with Crippen LogP contribution in [0.15, 0.2) is 36.3 Å². The summed E-state index contributed by atoms with van der Waals surface area (Å²) in [6.07, 6.45) is 10.9. The first-order valence-electron chi connectivity index (χ1n) is 16.8. The monoisotopic (exact) mass is 687 g/mol. The smallest absolute Gasteiger partial charge is 0.293 e. The number of anilines is 2. The molecule has 2 aromatic rings. The van der Waals surface area contributed by atoms with E-state index < -0.39 is 11.5 Å². The minimum atomic E-state index is -1.14. The lowest BCUT2D eigenvalue weighted by Crippen LogP contribution is -2.38. The Labute approximate surface area is 288 Å². The topological polar surface area (TPSA) is 141 Å². The molecule has 0 bridgehead atoms. The van der Waals surface area contributed by atoms with Crippen LogP contribution < -0.4 is 16.0 Å². The van der Waals surface area contributed by atoms with E-state index in [1.807, 2.05) is 40.7 Å². The standard InChI is InChI=1S/C28H33ClFN7O2.C3H6O2.2C2H6/c1-17-11-21(14-24(38)31-7-10-37-8-3-2-4-9-37)34-23(17)15-22-25-26(32-16-33-27(25)36-28(22)39)35-20-6-5-19(30)12-18(29)13-20;1-2-5-3-4;2*1-2/h5-6,11,13,15-16,18-19,34H,2-4,7-10,12,14H2,1H3,(H,31,38)(H2,32,33,35,36,39);3H,2H2,1H3;2*1-2H3/b22-15-;;;. The van der Waals surface area contributed by atoms with Crippen molar-refractivity contribution in [3.63, 3.8) is 0 Å². The van der Waals surface area contributed by atoms with E-state index in [9.17, 15) is 18.8 Å². The van der Waals surface area contributed by atoms with Gasteiger partial charge in [0.1, 0.15) is 24.1 Å². The second-order valence-corrected chi connectivity index (χ2v) is 11.3. The zero-order chi connectivity index (χ0) is 35.5. The van der Waals surface area contributed by atoms with Crippen molar-refractivity contribution in [3.8, 4) is 0 Å². The molecule has 48 heavy (non-hydrogen) atoms. The number of alkyl halides is 2. The number of halogens is 2. The Hall–Kier alpha value is -4.03. The Bertz CT molecular complexity index is 1420. The Balaban J connectivity index is 0.000000803. The van der Waals surface area contributed by atoms with Crippen LogP contribution in [0.3, 0.4) is 0 Å². The highest BCUT2D eigenvalue weighted by Crippen LogP contribution is 2.37. The predicted octanol–water partition coefficient (Wildman–Crippen LogP) is 6.18. The van der Waals surface area contributed by atoms with Gasteiger partial charge in [0.05, 0.1) is 29.5 Å². The highest BCUT2D eigenvalue weighted by atomic mass is 35.5. The summed E-state index contributed by atoms with van der Waals surface area (Å²) in [6, 6.07) is 1.92. The van der Waals surface area contributed by atoms with Gasteiger partial charge in [-0.15, -0.1) is 11.6 Å². The molecule has 1 aliphatic carbocycles. The zero-order valence-electron chi connectivity index (χ0n) is 29.0. The molecule has 1 fully saturated rings. The number of carbonyl (C=O) groups is 3. The number of hydrogen-bond acceptors (Lipinski definition) is 8. The number of piperidine rings is 1. The highest BCUT2D eigenvalue weighted by Gasteiger charge is 2.30. The fraction of sp³-hybridized carbons (Fsp3) is 0.514. The molecule has 0 saturated carbocycles. The molecule has 2 unspecified atom stereocenters. The number of aromatic amines is 1. The number of nitrogens with zero attached hydrogens (tertiary/aromatic N) is 3. The number of hydrogen-bond donors (Lipinski definition) is 4. The second-order valence-electron chi connectivity index (χ2n) is 10.7. The average Bonchev–Trinajstić information content (AvgIpc) is 3.54. The summed E-state index contributed by atoms with van der Waals surface area (Å²) in [5.41, 5.74) is 3.85. The molecule has 2 amide bonds. The molecule has 13 heteroatoms. The van der Waals surface area contributed by atoms with Crippen LogP contribution in [0.1, 0.15) is 82.8 Å². The molecule has 2 atom stereocenters. The van der Waals surface area contributed by atoms with Gasteiger partial charge < -0.3 is 30.6 Å².